The van der Waals surface area contributed by atoms with E-state index in [-0.39, 0.29) is 35.6 Å². The van der Waals surface area contributed by atoms with E-state index in [1.165, 1.54) is 6.07 Å². The SMILES string of the molecule is C[C@H](CN(CCO)c1csc(F)c1)NS(=O)(=O)c1ccc2cnccc2c1.Cl. The van der Waals surface area contributed by atoms with Gasteiger partial charge in [0.15, 0.2) is 5.13 Å². The molecule has 28 heavy (non-hydrogen) atoms. The Kier molecular flexibility index (Phi) is 7.73. The summed E-state index contributed by atoms with van der Waals surface area (Å²) in [6.07, 6.45) is 3.29. The van der Waals surface area contributed by atoms with Crippen LogP contribution in [0.5, 0.6) is 0 Å². The molecule has 152 valence electrons. The number of nitrogens with zero attached hydrogens (tertiary/aromatic N) is 2. The summed E-state index contributed by atoms with van der Waals surface area (Å²) >= 11 is 0.963. The van der Waals surface area contributed by atoms with Crippen molar-refractivity contribution in [1.82, 2.24) is 9.71 Å². The lowest BCUT2D eigenvalue weighted by Crippen LogP contribution is -2.42. The van der Waals surface area contributed by atoms with Crippen LogP contribution >= 0.6 is 23.7 Å². The fourth-order valence-corrected chi connectivity index (χ4v) is 4.75. The van der Waals surface area contributed by atoms with Crippen LogP contribution in [0, 0.1) is 5.13 Å². The summed E-state index contributed by atoms with van der Waals surface area (Å²) in [5, 5.41) is 12.2. The molecule has 0 radical (unpaired) electrons. The molecule has 0 aliphatic carbocycles. The third-order valence-corrected chi connectivity index (χ3v) is 6.35. The van der Waals surface area contributed by atoms with Gasteiger partial charge in [-0.1, -0.05) is 6.07 Å². The van der Waals surface area contributed by atoms with Crippen molar-refractivity contribution in [2.45, 2.75) is 17.9 Å². The summed E-state index contributed by atoms with van der Waals surface area (Å²) in [4.78, 5) is 5.94. The molecule has 3 rings (SSSR count). The molecule has 0 aliphatic heterocycles. The van der Waals surface area contributed by atoms with Gasteiger partial charge in [-0.15, -0.1) is 23.7 Å². The van der Waals surface area contributed by atoms with Crippen molar-refractivity contribution < 1.29 is 17.9 Å². The fourth-order valence-electron chi connectivity index (χ4n) is 2.84. The standard InChI is InChI=1S/C18H20FN3O3S2.ClH/c1-13(11-22(6-7-23)16-9-18(19)26-12-16)21-27(24,25)17-3-2-15-10-20-5-4-14(15)8-17;/h2-5,8-10,12-13,21,23H,6-7,11H2,1H3;1H/t13-;/m1./s1. The van der Waals surface area contributed by atoms with Crippen LogP contribution < -0.4 is 9.62 Å². The van der Waals surface area contributed by atoms with E-state index in [1.54, 1.807) is 53.9 Å². The molecule has 1 aromatic carbocycles. The van der Waals surface area contributed by atoms with Crippen LogP contribution in [-0.2, 0) is 10.0 Å². The molecule has 2 aromatic heterocycles. The predicted octanol–water partition coefficient (Wildman–Crippen LogP) is 3.02. The van der Waals surface area contributed by atoms with Gasteiger partial charge in [-0.3, -0.25) is 4.98 Å². The second-order valence-corrected chi connectivity index (χ2v) is 8.76. The Morgan fingerprint density at radius 1 is 1.29 bits per heavy atom. The number of aliphatic hydroxyl groups is 1. The Bertz CT molecular complexity index is 1030. The van der Waals surface area contributed by atoms with E-state index in [0.717, 1.165) is 22.1 Å². The van der Waals surface area contributed by atoms with Gasteiger partial charge in [0.05, 0.1) is 17.2 Å². The van der Waals surface area contributed by atoms with E-state index in [2.05, 4.69) is 9.71 Å². The second kappa shape index (κ2) is 9.62. The van der Waals surface area contributed by atoms with Crippen LogP contribution in [0.1, 0.15) is 6.92 Å². The molecule has 1 atom stereocenters. The van der Waals surface area contributed by atoms with Crippen molar-refractivity contribution in [3.63, 3.8) is 0 Å². The number of benzene rings is 1. The average Bonchev–Trinajstić information content (AvgIpc) is 3.07. The molecular weight excluding hydrogens is 425 g/mol. The number of pyridine rings is 1. The fraction of sp³-hybridized carbons (Fsp3) is 0.278. The van der Waals surface area contributed by atoms with E-state index in [4.69, 9.17) is 0 Å². The number of thiophene rings is 1. The number of hydrogen-bond donors (Lipinski definition) is 2. The molecule has 0 spiro atoms. The number of anilines is 1. The summed E-state index contributed by atoms with van der Waals surface area (Å²) in [5.41, 5.74) is 0.621. The molecule has 0 unspecified atom stereocenters. The predicted molar refractivity (Wildman–Crippen MR) is 112 cm³/mol. The quantitative estimate of drug-likeness (QED) is 0.557. The summed E-state index contributed by atoms with van der Waals surface area (Å²) in [7, 11) is -3.72. The summed E-state index contributed by atoms with van der Waals surface area (Å²) in [6, 6.07) is 7.54. The number of aliphatic hydroxyl groups excluding tert-OH is 1. The maximum absolute atomic E-state index is 13.3. The molecule has 6 nitrogen and oxygen atoms in total. The summed E-state index contributed by atoms with van der Waals surface area (Å²) in [6.45, 7) is 2.20. The first-order valence-corrected chi connectivity index (χ1v) is 10.7. The van der Waals surface area contributed by atoms with Gasteiger partial charge in [-0.05, 0) is 30.5 Å². The average molecular weight is 446 g/mol. The highest BCUT2D eigenvalue weighted by Gasteiger charge is 2.20. The molecule has 2 heterocycles. The van der Waals surface area contributed by atoms with Gasteiger partial charge in [0.25, 0.3) is 0 Å². The van der Waals surface area contributed by atoms with Crippen molar-refractivity contribution >= 4 is 50.2 Å². The largest absolute Gasteiger partial charge is 0.395 e. The number of hydrogen-bond acceptors (Lipinski definition) is 6. The third-order valence-electron chi connectivity index (χ3n) is 4.06. The summed E-state index contributed by atoms with van der Waals surface area (Å²) in [5.74, 6) is 0. The first-order chi connectivity index (χ1) is 12.9. The molecular formula is C18H21ClFN3O3S2. The normalized spacial score (nSPS) is 12.5. The Morgan fingerprint density at radius 3 is 2.75 bits per heavy atom. The smallest absolute Gasteiger partial charge is 0.240 e. The lowest BCUT2D eigenvalue weighted by Gasteiger charge is -2.26. The van der Waals surface area contributed by atoms with Crippen molar-refractivity contribution in [3.05, 3.63) is 53.2 Å². The maximum atomic E-state index is 13.3. The molecule has 0 fully saturated rings. The van der Waals surface area contributed by atoms with Gasteiger partial charge < -0.3 is 10.0 Å². The van der Waals surface area contributed by atoms with E-state index in [9.17, 15) is 17.9 Å². The number of halogens is 2. The molecule has 0 amide bonds. The maximum Gasteiger partial charge on any atom is 0.240 e. The number of nitrogens with one attached hydrogen (secondary N) is 1. The second-order valence-electron chi connectivity index (χ2n) is 6.19. The van der Waals surface area contributed by atoms with Crippen LogP contribution in [0.25, 0.3) is 10.8 Å². The highest BCUT2D eigenvalue weighted by atomic mass is 35.5. The molecule has 0 aliphatic rings. The van der Waals surface area contributed by atoms with Crippen LogP contribution in [0.15, 0.2) is 53.0 Å². The molecule has 0 saturated carbocycles. The zero-order valence-corrected chi connectivity index (χ0v) is 17.5. The minimum atomic E-state index is -3.72. The Hall–Kier alpha value is -1.78. The third kappa shape index (κ3) is 5.39. The highest BCUT2D eigenvalue weighted by Crippen LogP contribution is 2.22. The number of rotatable bonds is 8. The number of fused-ring (bicyclic) bond motifs is 1. The first kappa shape index (κ1) is 22.5. The minimum Gasteiger partial charge on any atom is -0.395 e. The topological polar surface area (TPSA) is 82.5 Å². The Morgan fingerprint density at radius 2 is 2.07 bits per heavy atom. The van der Waals surface area contributed by atoms with Crippen molar-refractivity contribution in [2.75, 3.05) is 24.6 Å². The van der Waals surface area contributed by atoms with E-state index in [0.29, 0.717) is 12.2 Å². The molecule has 0 saturated heterocycles. The zero-order chi connectivity index (χ0) is 19.4. The lowest BCUT2D eigenvalue weighted by molar-refractivity contribution is 0.301. The van der Waals surface area contributed by atoms with Crippen molar-refractivity contribution in [2.24, 2.45) is 0 Å². The van der Waals surface area contributed by atoms with Crippen LogP contribution in [0.3, 0.4) is 0 Å². The minimum absolute atomic E-state index is 0. The van der Waals surface area contributed by atoms with E-state index >= 15 is 0 Å². The van der Waals surface area contributed by atoms with Gasteiger partial charge in [0.2, 0.25) is 10.0 Å². The van der Waals surface area contributed by atoms with Gasteiger partial charge in [0.1, 0.15) is 0 Å². The molecule has 10 heteroatoms. The summed E-state index contributed by atoms with van der Waals surface area (Å²) < 4.78 is 41.4. The van der Waals surface area contributed by atoms with Gasteiger partial charge in [0, 0.05) is 48.4 Å². The zero-order valence-electron chi connectivity index (χ0n) is 15.1. The number of aromatic nitrogens is 1. The van der Waals surface area contributed by atoms with E-state index < -0.39 is 16.1 Å². The van der Waals surface area contributed by atoms with Crippen molar-refractivity contribution in [1.29, 1.82) is 0 Å². The van der Waals surface area contributed by atoms with Gasteiger partial charge in [-0.2, -0.15) is 4.39 Å². The molecule has 0 bridgehead atoms. The monoisotopic (exact) mass is 445 g/mol. The molecule has 2 N–H and O–H groups in total. The van der Waals surface area contributed by atoms with Gasteiger partial charge in [-0.25, -0.2) is 13.1 Å². The van der Waals surface area contributed by atoms with Crippen LogP contribution in [-0.4, -0.2) is 44.2 Å². The highest BCUT2D eigenvalue weighted by molar-refractivity contribution is 7.89. The van der Waals surface area contributed by atoms with Crippen LogP contribution in [0.4, 0.5) is 10.1 Å². The first-order valence-electron chi connectivity index (χ1n) is 8.35. The lowest BCUT2D eigenvalue weighted by atomic mass is 10.2. The molecule has 3 aromatic rings. The van der Waals surface area contributed by atoms with Crippen molar-refractivity contribution in [3.8, 4) is 0 Å². The Labute approximate surface area is 173 Å². The van der Waals surface area contributed by atoms with Crippen LogP contribution in [0.2, 0.25) is 0 Å². The Balaban J connectivity index is 0.00000280. The van der Waals surface area contributed by atoms with Gasteiger partial charge >= 0.3 is 0 Å². The van der Waals surface area contributed by atoms with E-state index in [1.807, 2.05) is 0 Å². The number of sulfonamides is 1.